The number of methoxy groups -OCH3 is 1. The summed E-state index contributed by atoms with van der Waals surface area (Å²) in [6, 6.07) is 4.57. The summed E-state index contributed by atoms with van der Waals surface area (Å²) in [6.45, 7) is -0.0666. The van der Waals surface area contributed by atoms with Crippen LogP contribution in [0.2, 0.25) is 0 Å². The highest BCUT2D eigenvalue weighted by atomic mass is 32.2. The Labute approximate surface area is 94.8 Å². The Bertz CT molecular complexity index is 470. The number of hydrogen-bond acceptors (Lipinski definition) is 5. The highest BCUT2D eigenvalue weighted by Crippen LogP contribution is 2.31. The minimum absolute atomic E-state index is 0.0461. The lowest BCUT2D eigenvalue weighted by Crippen LogP contribution is -2.16. The molecule has 6 heteroatoms. The maximum absolute atomic E-state index is 11.5. The molecule has 1 atom stereocenters. The van der Waals surface area contributed by atoms with Gasteiger partial charge in [0, 0.05) is 18.4 Å². The van der Waals surface area contributed by atoms with Crippen LogP contribution in [0.4, 0.5) is 0 Å². The molecular weight excluding hydrogens is 230 g/mol. The molecule has 0 fully saturated rings. The minimum atomic E-state index is -3.42. The van der Waals surface area contributed by atoms with E-state index in [1.165, 1.54) is 13.2 Å². The average molecular weight is 245 g/mol. The Morgan fingerprint density at radius 2 is 2.12 bits per heavy atom. The largest absolute Gasteiger partial charge is 0.496 e. The SMILES string of the molecule is COc1cccc(S(C)(=O)=O)c1C(O)CN. The van der Waals surface area contributed by atoms with Crippen molar-refractivity contribution in [1.29, 1.82) is 0 Å². The summed E-state index contributed by atoms with van der Waals surface area (Å²) in [4.78, 5) is 0.0461. The first-order chi connectivity index (χ1) is 7.41. The molecule has 90 valence electrons. The molecule has 16 heavy (non-hydrogen) atoms. The number of nitrogens with two attached hydrogens (primary N) is 1. The molecule has 0 radical (unpaired) electrons. The van der Waals surface area contributed by atoms with Gasteiger partial charge in [-0.3, -0.25) is 0 Å². The molecule has 5 nitrogen and oxygen atoms in total. The molecule has 1 aromatic rings. The van der Waals surface area contributed by atoms with E-state index in [4.69, 9.17) is 10.5 Å². The van der Waals surface area contributed by atoms with Gasteiger partial charge in [0.25, 0.3) is 0 Å². The first-order valence-electron chi connectivity index (χ1n) is 4.67. The van der Waals surface area contributed by atoms with Gasteiger partial charge < -0.3 is 15.6 Å². The number of aliphatic hydroxyl groups excluding tert-OH is 1. The fourth-order valence-electron chi connectivity index (χ4n) is 1.47. The van der Waals surface area contributed by atoms with Gasteiger partial charge in [0.15, 0.2) is 9.84 Å². The minimum Gasteiger partial charge on any atom is -0.496 e. The Morgan fingerprint density at radius 3 is 2.56 bits per heavy atom. The predicted octanol–water partition coefficient (Wildman–Crippen LogP) is 0.0908. The molecule has 0 aromatic heterocycles. The fourth-order valence-corrected chi connectivity index (χ4v) is 2.43. The van der Waals surface area contributed by atoms with E-state index in [-0.39, 0.29) is 17.0 Å². The number of aliphatic hydroxyl groups is 1. The van der Waals surface area contributed by atoms with Crippen LogP contribution in [-0.4, -0.2) is 33.4 Å². The summed E-state index contributed by atoms with van der Waals surface area (Å²) in [6.07, 6.45) is 0.0231. The van der Waals surface area contributed by atoms with Crippen molar-refractivity contribution >= 4 is 9.84 Å². The standard InChI is InChI=1S/C10H15NO4S/c1-15-8-4-3-5-9(16(2,13)14)10(8)7(12)6-11/h3-5,7,12H,6,11H2,1-2H3. The average Bonchev–Trinajstić information content (AvgIpc) is 2.25. The third kappa shape index (κ3) is 2.52. The smallest absolute Gasteiger partial charge is 0.176 e. The van der Waals surface area contributed by atoms with E-state index in [0.717, 1.165) is 6.26 Å². The molecule has 0 amide bonds. The third-order valence-electron chi connectivity index (χ3n) is 2.20. The zero-order valence-corrected chi connectivity index (χ0v) is 9.99. The van der Waals surface area contributed by atoms with Crippen LogP contribution < -0.4 is 10.5 Å². The van der Waals surface area contributed by atoms with Gasteiger partial charge in [0.1, 0.15) is 5.75 Å². The van der Waals surface area contributed by atoms with E-state index in [2.05, 4.69) is 0 Å². The summed E-state index contributed by atoms with van der Waals surface area (Å²) >= 11 is 0. The van der Waals surface area contributed by atoms with E-state index in [0.29, 0.717) is 5.75 Å². The van der Waals surface area contributed by atoms with E-state index < -0.39 is 15.9 Å². The number of rotatable bonds is 4. The molecule has 0 aliphatic carbocycles. The predicted molar refractivity (Wildman–Crippen MR) is 60.1 cm³/mol. The first kappa shape index (κ1) is 13.0. The normalized spacial score (nSPS) is 13.5. The topological polar surface area (TPSA) is 89.6 Å². The summed E-state index contributed by atoms with van der Waals surface area (Å²) in [5.41, 5.74) is 5.56. The molecule has 0 saturated carbocycles. The molecule has 0 spiro atoms. The summed E-state index contributed by atoms with van der Waals surface area (Å²) < 4.78 is 28.1. The second kappa shape index (κ2) is 4.82. The van der Waals surface area contributed by atoms with E-state index in [9.17, 15) is 13.5 Å². The van der Waals surface area contributed by atoms with Crippen LogP contribution in [0.25, 0.3) is 0 Å². The molecule has 0 bridgehead atoms. The van der Waals surface area contributed by atoms with Crippen molar-refractivity contribution < 1.29 is 18.3 Å². The second-order valence-electron chi connectivity index (χ2n) is 3.40. The number of benzene rings is 1. The van der Waals surface area contributed by atoms with Crippen molar-refractivity contribution in [2.45, 2.75) is 11.0 Å². The molecular formula is C10H15NO4S. The van der Waals surface area contributed by atoms with E-state index in [1.807, 2.05) is 0 Å². The van der Waals surface area contributed by atoms with Crippen LogP contribution in [-0.2, 0) is 9.84 Å². The van der Waals surface area contributed by atoms with Crippen molar-refractivity contribution in [2.24, 2.45) is 5.73 Å². The Kier molecular flexibility index (Phi) is 3.90. The fraction of sp³-hybridized carbons (Fsp3) is 0.400. The van der Waals surface area contributed by atoms with Crippen LogP contribution in [0.5, 0.6) is 5.75 Å². The molecule has 0 aliphatic heterocycles. The summed E-state index contributed by atoms with van der Waals surface area (Å²) in [5, 5.41) is 9.72. The van der Waals surface area contributed by atoms with Crippen molar-refractivity contribution in [3.05, 3.63) is 23.8 Å². The quantitative estimate of drug-likeness (QED) is 0.784. The van der Waals surface area contributed by atoms with Crippen molar-refractivity contribution in [1.82, 2.24) is 0 Å². The van der Waals surface area contributed by atoms with Crippen LogP contribution in [0.1, 0.15) is 11.7 Å². The summed E-state index contributed by atoms with van der Waals surface area (Å²) in [7, 11) is -2.01. The van der Waals surface area contributed by atoms with Gasteiger partial charge in [-0.25, -0.2) is 8.42 Å². The zero-order valence-electron chi connectivity index (χ0n) is 9.17. The van der Waals surface area contributed by atoms with Crippen molar-refractivity contribution in [3.8, 4) is 5.75 Å². The molecule has 0 saturated heterocycles. The zero-order chi connectivity index (χ0) is 12.3. The maximum Gasteiger partial charge on any atom is 0.176 e. The number of hydrogen-bond donors (Lipinski definition) is 2. The van der Waals surface area contributed by atoms with Gasteiger partial charge in [0.2, 0.25) is 0 Å². The first-order valence-corrected chi connectivity index (χ1v) is 6.56. The Hall–Kier alpha value is -1.11. The number of ether oxygens (including phenoxy) is 1. The van der Waals surface area contributed by atoms with Crippen LogP contribution in [0.15, 0.2) is 23.1 Å². The third-order valence-corrected chi connectivity index (χ3v) is 3.36. The van der Waals surface area contributed by atoms with E-state index in [1.54, 1.807) is 12.1 Å². The second-order valence-corrected chi connectivity index (χ2v) is 5.38. The van der Waals surface area contributed by atoms with Crippen molar-refractivity contribution in [2.75, 3.05) is 19.9 Å². The highest BCUT2D eigenvalue weighted by Gasteiger charge is 2.22. The lowest BCUT2D eigenvalue weighted by atomic mass is 10.1. The van der Waals surface area contributed by atoms with Crippen molar-refractivity contribution in [3.63, 3.8) is 0 Å². The summed E-state index contributed by atoms with van der Waals surface area (Å²) in [5.74, 6) is 0.320. The van der Waals surface area contributed by atoms with Crippen LogP contribution in [0.3, 0.4) is 0 Å². The van der Waals surface area contributed by atoms with Gasteiger partial charge in [-0.15, -0.1) is 0 Å². The maximum atomic E-state index is 11.5. The van der Waals surface area contributed by atoms with Crippen LogP contribution >= 0.6 is 0 Å². The highest BCUT2D eigenvalue weighted by molar-refractivity contribution is 7.90. The molecule has 0 heterocycles. The van der Waals surface area contributed by atoms with Gasteiger partial charge in [-0.2, -0.15) is 0 Å². The van der Waals surface area contributed by atoms with Gasteiger partial charge in [-0.1, -0.05) is 6.07 Å². The van der Waals surface area contributed by atoms with Gasteiger partial charge in [-0.05, 0) is 12.1 Å². The van der Waals surface area contributed by atoms with Crippen LogP contribution in [0, 0.1) is 0 Å². The molecule has 1 unspecified atom stereocenters. The lowest BCUT2D eigenvalue weighted by molar-refractivity contribution is 0.178. The Morgan fingerprint density at radius 1 is 1.50 bits per heavy atom. The van der Waals surface area contributed by atoms with Gasteiger partial charge in [0.05, 0.1) is 18.1 Å². The molecule has 0 aliphatic rings. The van der Waals surface area contributed by atoms with E-state index >= 15 is 0 Å². The lowest BCUT2D eigenvalue weighted by Gasteiger charge is -2.16. The molecule has 3 N–H and O–H groups in total. The monoisotopic (exact) mass is 245 g/mol. The molecule has 1 aromatic carbocycles. The van der Waals surface area contributed by atoms with Gasteiger partial charge >= 0.3 is 0 Å². The Balaban J connectivity index is 3.50. The molecule has 1 rings (SSSR count). The number of sulfone groups is 1.